The third-order valence-electron chi connectivity index (χ3n) is 4.86. The number of nitro benzene ring substituents is 1. The molecule has 3 rings (SSSR count). The molecule has 0 amide bonds. The molecule has 0 spiro atoms. The van der Waals surface area contributed by atoms with Crippen molar-refractivity contribution in [1.29, 1.82) is 0 Å². The van der Waals surface area contributed by atoms with E-state index in [0.29, 0.717) is 32.8 Å². The number of benzene rings is 1. The smallest absolute Gasteiger partial charge is 0.336 e. The van der Waals surface area contributed by atoms with Crippen LogP contribution in [0.1, 0.15) is 39.2 Å². The summed E-state index contributed by atoms with van der Waals surface area (Å²) in [7, 11) is 0. The van der Waals surface area contributed by atoms with E-state index in [1.54, 1.807) is 33.8 Å². The summed E-state index contributed by atoms with van der Waals surface area (Å²) >= 11 is 1.32. The van der Waals surface area contributed by atoms with Crippen molar-refractivity contribution >= 4 is 39.0 Å². The number of fused-ring (bicyclic) bond motifs is 1. The topological polar surface area (TPSA) is 108 Å². The largest absolute Gasteiger partial charge is 0.463 e. The maximum Gasteiger partial charge on any atom is 0.336 e. The molecule has 1 aromatic carbocycles. The number of thiophene rings is 1. The Bertz CT molecular complexity index is 1060. The second kappa shape index (κ2) is 8.66. The first kappa shape index (κ1) is 21.5. The van der Waals surface area contributed by atoms with E-state index in [1.807, 2.05) is 5.38 Å². The number of hydrogen-bond acceptors (Lipinski definition) is 8. The molecule has 0 aliphatic carbocycles. The molecular weight excluding hydrogens is 408 g/mol. The van der Waals surface area contributed by atoms with Gasteiger partial charge in [0.2, 0.25) is 0 Å². The third-order valence-corrected chi connectivity index (χ3v) is 5.83. The van der Waals surface area contributed by atoms with Crippen LogP contribution in [0.5, 0.6) is 0 Å². The lowest BCUT2D eigenvalue weighted by atomic mass is 9.80. The van der Waals surface area contributed by atoms with Crippen LogP contribution < -0.4 is 5.32 Å². The van der Waals surface area contributed by atoms with Gasteiger partial charge in [0.15, 0.2) is 0 Å². The van der Waals surface area contributed by atoms with Crippen molar-refractivity contribution in [2.24, 2.45) is 0 Å². The fourth-order valence-electron chi connectivity index (χ4n) is 3.64. The fraction of sp³-hybridized carbons (Fsp3) is 0.333. The van der Waals surface area contributed by atoms with E-state index in [1.165, 1.54) is 23.5 Å². The van der Waals surface area contributed by atoms with E-state index in [9.17, 15) is 19.7 Å². The van der Waals surface area contributed by atoms with Gasteiger partial charge in [0.1, 0.15) is 0 Å². The summed E-state index contributed by atoms with van der Waals surface area (Å²) in [4.78, 5) is 36.4. The highest BCUT2D eigenvalue weighted by Crippen LogP contribution is 2.44. The number of non-ortho nitro benzene ring substituents is 1. The normalized spacial score (nSPS) is 14.7. The van der Waals surface area contributed by atoms with Crippen molar-refractivity contribution in [2.75, 3.05) is 13.2 Å². The van der Waals surface area contributed by atoms with E-state index in [-0.39, 0.29) is 18.9 Å². The monoisotopic (exact) mass is 430 g/mol. The molecule has 0 unspecified atom stereocenters. The molecule has 2 heterocycles. The molecule has 0 fully saturated rings. The number of hydrogen-bond donors (Lipinski definition) is 1. The zero-order valence-corrected chi connectivity index (χ0v) is 17.9. The zero-order valence-electron chi connectivity index (χ0n) is 17.1. The highest BCUT2D eigenvalue weighted by molar-refractivity contribution is 7.17. The van der Waals surface area contributed by atoms with Crippen molar-refractivity contribution in [1.82, 2.24) is 5.32 Å². The lowest BCUT2D eigenvalue weighted by Gasteiger charge is -2.30. The van der Waals surface area contributed by atoms with E-state index >= 15 is 0 Å². The minimum atomic E-state index is -0.709. The molecule has 1 aliphatic rings. The lowest BCUT2D eigenvalue weighted by molar-refractivity contribution is -0.384. The maximum atomic E-state index is 12.8. The molecule has 9 heteroatoms. The van der Waals surface area contributed by atoms with E-state index < -0.39 is 22.8 Å². The van der Waals surface area contributed by atoms with Gasteiger partial charge in [-0.15, -0.1) is 11.3 Å². The summed E-state index contributed by atoms with van der Waals surface area (Å²) < 4.78 is 11.2. The predicted octanol–water partition coefficient (Wildman–Crippen LogP) is 4.17. The van der Waals surface area contributed by atoms with Crippen LogP contribution in [0, 0.1) is 10.1 Å². The minimum absolute atomic E-state index is 0.0177. The van der Waals surface area contributed by atoms with Gasteiger partial charge < -0.3 is 14.8 Å². The Labute approximate surface area is 177 Å². The van der Waals surface area contributed by atoms with Crippen molar-refractivity contribution in [3.05, 3.63) is 61.8 Å². The van der Waals surface area contributed by atoms with E-state index in [4.69, 9.17) is 9.47 Å². The van der Waals surface area contributed by atoms with Crippen molar-refractivity contribution in [3.63, 3.8) is 0 Å². The van der Waals surface area contributed by atoms with E-state index in [0.717, 1.165) is 5.39 Å². The molecule has 0 atom stereocenters. The molecule has 1 N–H and O–H groups in total. The average Bonchev–Trinajstić information content (AvgIpc) is 3.10. The Morgan fingerprint density at radius 3 is 2.17 bits per heavy atom. The van der Waals surface area contributed by atoms with Gasteiger partial charge >= 0.3 is 11.9 Å². The second-order valence-corrected chi connectivity index (χ2v) is 7.62. The molecule has 0 bridgehead atoms. The molecule has 1 aromatic heterocycles. The highest BCUT2D eigenvalue weighted by Gasteiger charge is 2.39. The fourth-order valence-corrected chi connectivity index (χ4v) is 4.66. The number of dihydropyridines is 1. The van der Waals surface area contributed by atoms with Crippen molar-refractivity contribution in [3.8, 4) is 0 Å². The van der Waals surface area contributed by atoms with Gasteiger partial charge in [-0.05, 0) is 50.1 Å². The summed E-state index contributed by atoms with van der Waals surface area (Å²) in [5.74, 6) is -1.76. The quantitative estimate of drug-likeness (QED) is 0.416. The first-order chi connectivity index (χ1) is 14.3. The number of allylic oxidation sites excluding steroid dienone is 2. The molecule has 8 nitrogen and oxygen atoms in total. The zero-order chi connectivity index (χ0) is 22.0. The van der Waals surface area contributed by atoms with Crippen LogP contribution >= 0.6 is 11.3 Å². The average molecular weight is 430 g/mol. The van der Waals surface area contributed by atoms with Gasteiger partial charge in [0.05, 0.1) is 35.2 Å². The first-order valence-electron chi connectivity index (χ1n) is 9.48. The molecule has 30 heavy (non-hydrogen) atoms. The minimum Gasteiger partial charge on any atom is -0.463 e. The number of nitrogens with one attached hydrogen (secondary N) is 1. The summed E-state index contributed by atoms with van der Waals surface area (Å²) in [6, 6.07) is 4.56. The van der Waals surface area contributed by atoms with Gasteiger partial charge in [0.25, 0.3) is 5.69 Å². The number of nitro groups is 1. The molecule has 2 aromatic rings. The van der Waals surface area contributed by atoms with Crippen molar-refractivity contribution in [2.45, 2.75) is 33.6 Å². The number of esters is 2. The number of carbonyl (C=O) groups is 2. The van der Waals surface area contributed by atoms with Gasteiger partial charge in [-0.2, -0.15) is 0 Å². The SMILES string of the molecule is CCOC(=O)C1=C(C)NC(C)=C(C(=O)OCC)C1c1csc2cc([N+](=O)[O-])ccc12. The molecule has 0 saturated carbocycles. The van der Waals surface area contributed by atoms with E-state index in [2.05, 4.69) is 5.32 Å². The number of rotatable bonds is 6. The summed E-state index contributed by atoms with van der Waals surface area (Å²) in [6.07, 6.45) is 0. The number of ether oxygens (including phenoxy) is 2. The van der Waals surface area contributed by atoms with Crippen molar-refractivity contribution < 1.29 is 24.0 Å². The summed E-state index contributed by atoms with van der Waals surface area (Å²) in [5.41, 5.74) is 2.51. The van der Waals surface area contributed by atoms with Gasteiger partial charge in [-0.25, -0.2) is 9.59 Å². The van der Waals surface area contributed by atoms with Crippen LogP contribution in [-0.4, -0.2) is 30.1 Å². The van der Waals surface area contributed by atoms with Crippen LogP contribution in [0.15, 0.2) is 46.1 Å². The standard InChI is InChI=1S/C21H22N2O6S/c1-5-28-20(24)17-11(3)22-12(4)18(21(25)29-6-2)19(17)15-10-30-16-9-13(23(26)27)7-8-14(15)16/h7-10,19,22H,5-6H2,1-4H3. The van der Waals surface area contributed by atoms with Crippen LogP contribution in [0.4, 0.5) is 5.69 Å². The number of nitrogens with zero attached hydrogens (tertiary/aromatic N) is 1. The van der Waals surface area contributed by atoms with Crippen LogP contribution in [-0.2, 0) is 19.1 Å². The second-order valence-electron chi connectivity index (χ2n) is 6.70. The maximum absolute atomic E-state index is 12.8. The first-order valence-corrected chi connectivity index (χ1v) is 10.4. The van der Waals surface area contributed by atoms with Gasteiger partial charge in [0, 0.05) is 28.2 Å². The molecule has 0 saturated heterocycles. The van der Waals surface area contributed by atoms with Crippen LogP contribution in [0.2, 0.25) is 0 Å². The Morgan fingerprint density at radius 2 is 1.67 bits per heavy atom. The highest BCUT2D eigenvalue weighted by atomic mass is 32.1. The molecule has 1 aliphatic heterocycles. The summed E-state index contributed by atoms with van der Waals surface area (Å²) in [5, 5.41) is 16.8. The lowest BCUT2D eigenvalue weighted by Crippen LogP contribution is -2.32. The Kier molecular flexibility index (Phi) is 6.21. The molecular formula is C21H22N2O6S. The molecule has 0 radical (unpaired) electrons. The Balaban J connectivity index is 2.24. The van der Waals surface area contributed by atoms with Gasteiger partial charge in [-0.3, -0.25) is 10.1 Å². The third kappa shape index (κ3) is 3.80. The molecule has 158 valence electrons. The van der Waals surface area contributed by atoms with Crippen LogP contribution in [0.3, 0.4) is 0 Å². The summed E-state index contributed by atoms with van der Waals surface area (Å²) in [6.45, 7) is 7.32. The van der Waals surface area contributed by atoms with Crippen LogP contribution in [0.25, 0.3) is 10.1 Å². The number of carbonyl (C=O) groups excluding carboxylic acids is 2. The Hall–Kier alpha value is -3.20. The van der Waals surface area contributed by atoms with Gasteiger partial charge in [-0.1, -0.05) is 0 Å². The predicted molar refractivity (Wildman–Crippen MR) is 113 cm³/mol. The Morgan fingerprint density at radius 1 is 1.10 bits per heavy atom.